The minimum Gasteiger partial charge on any atom is -0.310 e. The number of nitriles is 1. The smallest absolute Gasteiger partial charge is 0.269 e. The molecule has 0 aliphatic carbocycles. The second kappa shape index (κ2) is 6.76. The SMILES string of the molecule is Cn1c(/C(C#N)=C\c2ccc([N+](=O)[O-])cc2)nnc1-c1ccccc1. The molecule has 0 radical (unpaired) electrons. The van der Waals surface area contributed by atoms with Gasteiger partial charge < -0.3 is 4.57 Å². The van der Waals surface area contributed by atoms with Gasteiger partial charge >= 0.3 is 0 Å². The van der Waals surface area contributed by atoms with E-state index in [1.165, 1.54) is 12.1 Å². The van der Waals surface area contributed by atoms with Gasteiger partial charge in [0.15, 0.2) is 11.6 Å². The summed E-state index contributed by atoms with van der Waals surface area (Å²) >= 11 is 0. The fourth-order valence-electron chi connectivity index (χ4n) is 2.41. The quantitative estimate of drug-likeness (QED) is 0.414. The molecule has 1 heterocycles. The van der Waals surface area contributed by atoms with Gasteiger partial charge in [0.25, 0.3) is 5.69 Å². The molecule has 0 N–H and O–H groups in total. The summed E-state index contributed by atoms with van der Waals surface area (Å²) in [4.78, 5) is 10.2. The molecule has 0 saturated heterocycles. The molecule has 0 saturated carbocycles. The molecule has 2 aromatic carbocycles. The molecule has 122 valence electrons. The summed E-state index contributed by atoms with van der Waals surface area (Å²) < 4.78 is 1.75. The van der Waals surface area contributed by atoms with E-state index in [0.717, 1.165) is 5.56 Å². The van der Waals surface area contributed by atoms with Crippen LogP contribution in [0.25, 0.3) is 23.0 Å². The van der Waals surface area contributed by atoms with Crippen molar-refractivity contribution in [1.29, 1.82) is 5.26 Å². The lowest BCUT2D eigenvalue weighted by atomic mass is 10.1. The highest BCUT2D eigenvalue weighted by Gasteiger charge is 2.14. The molecule has 0 aliphatic rings. The lowest BCUT2D eigenvalue weighted by Crippen LogP contribution is -1.98. The topological polar surface area (TPSA) is 97.6 Å². The molecule has 0 amide bonds. The molecule has 25 heavy (non-hydrogen) atoms. The number of rotatable bonds is 4. The predicted molar refractivity (Wildman–Crippen MR) is 93.0 cm³/mol. The maximum Gasteiger partial charge on any atom is 0.269 e. The molecule has 1 aromatic heterocycles. The van der Waals surface area contributed by atoms with Gasteiger partial charge in [-0.1, -0.05) is 30.3 Å². The Labute approximate surface area is 143 Å². The number of non-ortho nitro benzene ring substituents is 1. The molecule has 3 aromatic rings. The predicted octanol–water partition coefficient (Wildman–Crippen LogP) is 3.45. The molecule has 7 heteroatoms. The van der Waals surface area contributed by atoms with E-state index in [-0.39, 0.29) is 5.69 Å². The van der Waals surface area contributed by atoms with Gasteiger partial charge in [-0.2, -0.15) is 5.26 Å². The number of hydrogen-bond donors (Lipinski definition) is 0. The largest absolute Gasteiger partial charge is 0.310 e. The summed E-state index contributed by atoms with van der Waals surface area (Å²) in [5, 5.41) is 28.5. The van der Waals surface area contributed by atoms with Crippen molar-refractivity contribution in [3.63, 3.8) is 0 Å². The summed E-state index contributed by atoms with van der Waals surface area (Å²) in [6.07, 6.45) is 1.63. The van der Waals surface area contributed by atoms with Crippen molar-refractivity contribution in [1.82, 2.24) is 14.8 Å². The zero-order chi connectivity index (χ0) is 17.8. The maximum absolute atomic E-state index is 10.7. The van der Waals surface area contributed by atoms with E-state index in [4.69, 9.17) is 0 Å². The van der Waals surface area contributed by atoms with E-state index in [2.05, 4.69) is 16.3 Å². The summed E-state index contributed by atoms with van der Waals surface area (Å²) in [7, 11) is 1.79. The number of hydrogen-bond acceptors (Lipinski definition) is 5. The summed E-state index contributed by atoms with van der Waals surface area (Å²) in [5.74, 6) is 1.08. The number of nitro benzene ring substituents is 1. The van der Waals surface area contributed by atoms with Gasteiger partial charge in [-0.15, -0.1) is 10.2 Å². The van der Waals surface area contributed by atoms with Crippen molar-refractivity contribution in [3.8, 4) is 17.5 Å². The molecule has 0 fully saturated rings. The Kier molecular flexibility index (Phi) is 4.35. The van der Waals surface area contributed by atoms with Gasteiger partial charge in [0, 0.05) is 24.7 Å². The highest BCUT2D eigenvalue weighted by atomic mass is 16.6. The van der Waals surface area contributed by atoms with Crippen LogP contribution in [0.3, 0.4) is 0 Å². The standard InChI is InChI=1S/C18H13N5O2/c1-22-17(14-5-3-2-4-6-14)20-21-18(22)15(12-19)11-13-7-9-16(10-8-13)23(24)25/h2-11H,1H3/b15-11-. The van der Waals surface area contributed by atoms with Crippen LogP contribution >= 0.6 is 0 Å². The van der Waals surface area contributed by atoms with Crippen LogP contribution in [-0.4, -0.2) is 19.7 Å². The zero-order valence-electron chi connectivity index (χ0n) is 13.3. The molecule has 0 bridgehead atoms. The second-order valence-corrected chi connectivity index (χ2v) is 5.29. The number of aromatic nitrogens is 3. The molecule has 0 unspecified atom stereocenters. The number of nitro groups is 1. The monoisotopic (exact) mass is 331 g/mol. The average Bonchev–Trinajstić information content (AvgIpc) is 3.02. The summed E-state index contributed by atoms with van der Waals surface area (Å²) in [5.41, 5.74) is 1.90. The maximum atomic E-state index is 10.7. The van der Waals surface area contributed by atoms with Gasteiger partial charge in [-0.05, 0) is 23.8 Å². The van der Waals surface area contributed by atoms with Gasteiger partial charge in [-0.25, -0.2) is 0 Å². The molecule has 3 rings (SSSR count). The molecular formula is C18H13N5O2. The van der Waals surface area contributed by atoms with E-state index in [1.54, 1.807) is 29.8 Å². The van der Waals surface area contributed by atoms with Crippen molar-refractivity contribution < 1.29 is 4.92 Å². The second-order valence-electron chi connectivity index (χ2n) is 5.29. The Morgan fingerprint density at radius 3 is 2.44 bits per heavy atom. The Balaban J connectivity index is 1.98. The summed E-state index contributed by atoms with van der Waals surface area (Å²) in [6, 6.07) is 17.6. The first kappa shape index (κ1) is 16.1. The van der Waals surface area contributed by atoms with Crippen LogP contribution in [-0.2, 0) is 7.05 Å². The average molecular weight is 331 g/mol. The first-order valence-electron chi connectivity index (χ1n) is 7.41. The molecule has 0 atom stereocenters. The van der Waals surface area contributed by atoms with Crippen LogP contribution in [0.5, 0.6) is 0 Å². The third-order valence-corrected chi connectivity index (χ3v) is 3.68. The van der Waals surface area contributed by atoms with E-state index in [9.17, 15) is 15.4 Å². The van der Waals surface area contributed by atoms with E-state index in [1.807, 2.05) is 30.3 Å². The fourth-order valence-corrected chi connectivity index (χ4v) is 2.41. The first-order valence-corrected chi connectivity index (χ1v) is 7.41. The number of allylic oxidation sites excluding steroid dienone is 1. The van der Waals surface area contributed by atoms with Crippen LogP contribution in [0.4, 0.5) is 5.69 Å². The molecular weight excluding hydrogens is 318 g/mol. The molecule has 0 aliphatic heterocycles. The highest BCUT2D eigenvalue weighted by Crippen LogP contribution is 2.22. The molecule has 7 nitrogen and oxygen atoms in total. The third kappa shape index (κ3) is 3.28. The van der Waals surface area contributed by atoms with Gasteiger partial charge in [0.1, 0.15) is 6.07 Å². The van der Waals surface area contributed by atoms with E-state index >= 15 is 0 Å². The Hall–Kier alpha value is -3.79. The Morgan fingerprint density at radius 1 is 1.16 bits per heavy atom. The highest BCUT2D eigenvalue weighted by molar-refractivity contribution is 5.87. The Morgan fingerprint density at radius 2 is 1.84 bits per heavy atom. The minimum absolute atomic E-state index is 0.000629. The lowest BCUT2D eigenvalue weighted by molar-refractivity contribution is -0.384. The van der Waals surface area contributed by atoms with Crippen molar-refractivity contribution in [3.05, 3.63) is 76.1 Å². The fraction of sp³-hybridized carbons (Fsp3) is 0.0556. The van der Waals surface area contributed by atoms with Crippen molar-refractivity contribution in [2.75, 3.05) is 0 Å². The third-order valence-electron chi connectivity index (χ3n) is 3.68. The lowest BCUT2D eigenvalue weighted by Gasteiger charge is -2.03. The summed E-state index contributed by atoms with van der Waals surface area (Å²) in [6.45, 7) is 0. The normalized spacial score (nSPS) is 11.1. The van der Waals surface area contributed by atoms with E-state index in [0.29, 0.717) is 22.8 Å². The first-order chi connectivity index (χ1) is 12.1. The van der Waals surface area contributed by atoms with Crippen LogP contribution < -0.4 is 0 Å². The minimum atomic E-state index is -0.465. The van der Waals surface area contributed by atoms with E-state index < -0.39 is 4.92 Å². The van der Waals surface area contributed by atoms with Crippen LogP contribution in [0.15, 0.2) is 54.6 Å². The van der Waals surface area contributed by atoms with Gasteiger partial charge in [0.2, 0.25) is 0 Å². The van der Waals surface area contributed by atoms with Gasteiger partial charge in [-0.3, -0.25) is 10.1 Å². The van der Waals surface area contributed by atoms with Gasteiger partial charge in [0.05, 0.1) is 10.5 Å². The van der Waals surface area contributed by atoms with Crippen LogP contribution in [0.1, 0.15) is 11.4 Å². The van der Waals surface area contributed by atoms with Crippen molar-refractivity contribution in [2.45, 2.75) is 0 Å². The number of benzene rings is 2. The van der Waals surface area contributed by atoms with Crippen molar-refractivity contribution in [2.24, 2.45) is 7.05 Å². The number of nitrogens with zero attached hydrogens (tertiary/aromatic N) is 5. The Bertz CT molecular complexity index is 983. The molecule has 0 spiro atoms. The zero-order valence-corrected chi connectivity index (χ0v) is 13.3. The van der Waals surface area contributed by atoms with Crippen molar-refractivity contribution >= 4 is 17.3 Å². The van der Waals surface area contributed by atoms with Crippen LogP contribution in [0.2, 0.25) is 0 Å². The van der Waals surface area contributed by atoms with Crippen LogP contribution in [0, 0.1) is 21.4 Å².